The van der Waals surface area contributed by atoms with Gasteiger partial charge in [-0.15, -0.1) is 6.42 Å². The summed E-state index contributed by atoms with van der Waals surface area (Å²) in [7, 11) is 0. The first-order valence-corrected chi connectivity index (χ1v) is 5.38. The van der Waals surface area contributed by atoms with Gasteiger partial charge < -0.3 is 0 Å². The fourth-order valence-electron chi connectivity index (χ4n) is 1.96. The Morgan fingerprint density at radius 1 is 1.00 bits per heavy atom. The summed E-state index contributed by atoms with van der Waals surface area (Å²) in [5, 5.41) is 0. The number of benzene rings is 2. The lowest BCUT2D eigenvalue weighted by molar-refractivity contribution is 1.09. The van der Waals surface area contributed by atoms with Gasteiger partial charge >= 0.3 is 0 Å². The minimum Gasteiger partial charge on any atom is -0.298 e. The number of hydrogen-bond donors (Lipinski definition) is 0. The van der Waals surface area contributed by atoms with E-state index in [1.54, 1.807) is 6.33 Å². The molecule has 3 aromatic rings. The third-order valence-electron chi connectivity index (χ3n) is 2.77. The van der Waals surface area contributed by atoms with E-state index in [4.69, 9.17) is 6.42 Å². The molecule has 17 heavy (non-hydrogen) atoms. The van der Waals surface area contributed by atoms with E-state index in [9.17, 15) is 0 Å². The molecule has 0 aliphatic rings. The van der Waals surface area contributed by atoms with Crippen molar-refractivity contribution in [3.05, 3.63) is 60.4 Å². The highest BCUT2D eigenvalue weighted by atomic mass is 15.0. The molecule has 0 radical (unpaired) electrons. The number of imidazole rings is 1. The van der Waals surface area contributed by atoms with Crippen LogP contribution in [0.15, 0.2) is 54.9 Å². The average Bonchev–Trinajstić information content (AvgIpc) is 2.82. The van der Waals surface area contributed by atoms with Gasteiger partial charge in [0.1, 0.15) is 6.33 Å². The second-order valence-electron chi connectivity index (χ2n) is 3.76. The summed E-state index contributed by atoms with van der Waals surface area (Å²) < 4.78 is 2.02. The Bertz CT molecular complexity index is 717. The third kappa shape index (κ3) is 1.49. The van der Waals surface area contributed by atoms with E-state index in [0.717, 1.165) is 22.3 Å². The van der Waals surface area contributed by atoms with Crippen molar-refractivity contribution in [2.45, 2.75) is 0 Å². The Morgan fingerprint density at radius 3 is 2.65 bits per heavy atom. The normalized spacial score (nSPS) is 10.3. The highest BCUT2D eigenvalue weighted by Gasteiger charge is 2.06. The monoisotopic (exact) mass is 218 g/mol. The Balaban J connectivity index is 2.32. The molecule has 0 fully saturated rings. The van der Waals surface area contributed by atoms with Gasteiger partial charge in [0.2, 0.25) is 0 Å². The quantitative estimate of drug-likeness (QED) is 0.574. The first-order valence-electron chi connectivity index (χ1n) is 5.38. The largest absolute Gasteiger partial charge is 0.298 e. The predicted octanol–water partition coefficient (Wildman–Crippen LogP) is 3.01. The zero-order valence-electron chi connectivity index (χ0n) is 9.17. The van der Waals surface area contributed by atoms with Gasteiger partial charge in [0.05, 0.1) is 16.7 Å². The summed E-state index contributed by atoms with van der Waals surface area (Å²) in [5.41, 5.74) is 3.90. The summed E-state index contributed by atoms with van der Waals surface area (Å²) in [6.45, 7) is 0. The molecule has 0 amide bonds. The number of para-hydroxylation sites is 3. The van der Waals surface area contributed by atoms with Crippen molar-refractivity contribution in [2.24, 2.45) is 0 Å². The lowest BCUT2D eigenvalue weighted by Crippen LogP contribution is -1.95. The molecule has 0 saturated heterocycles. The Kier molecular flexibility index (Phi) is 2.16. The van der Waals surface area contributed by atoms with Crippen LogP contribution in [-0.2, 0) is 0 Å². The van der Waals surface area contributed by atoms with E-state index in [-0.39, 0.29) is 0 Å². The van der Waals surface area contributed by atoms with Gasteiger partial charge in [-0.2, -0.15) is 0 Å². The first-order chi connectivity index (χ1) is 8.40. The van der Waals surface area contributed by atoms with E-state index in [2.05, 4.69) is 10.9 Å². The SMILES string of the molecule is C#Cc1ccccc1-n1cnc2ccccc21. The van der Waals surface area contributed by atoms with E-state index in [0.29, 0.717) is 0 Å². The zero-order valence-corrected chi connectivity index (χ0v) is 9.17. The lowest BCUT2D eigenvalue weighted by atomic mass is 10.2. The number of fused-ring (bicyclic) bond motifs is 1. The molecule has 3 rings (SSSR count). The maximum Gasteiger partial charge on any atom is 0.100 e. The van der Waals surface area contributed by atoms with Crippen LogP contribution >= 0.6 is 0 Å². The van der Waals surface area contributed by atoms with Gasteiger partial charge in [-0.3, -0.25) is 4.57 Å². The second-order valence-corrected chi connectivity index (χ2v) is 3.76. The van der Waals surface area contributed by atoms with Crippen molar-refractivity contribution >= 4 is 11.0 Å². The Labute approximate surface area is 99.5 Å². The molecule has 0 unspecified atom stereocenters. The summed E-state index contributed by atoms with van der Waals surface area (Å²) in [5.74, 6) is 2.70. The standard InChI is InChI=1S/C15H10N2/c1-2-12-7-3-5-9-14(12)17-11-16-13-8-4-6-10-15(13)17/h1,3-11H. The van der Waals surface area contributed by atoms with Gasteiger partial charge in [-0.05, 0) is 24.3 Å². The highest BCUT2D eigenvalue weighted by molar-refractivity contribution is 5.77. The molecule has 0 aliphatic carbocycles. The van der Waals surface area contributed by atoms with Crippen molar-refractivity contribution in [1.29, 1.82) is 0 Å². The summed E-state index contributed by atoms with van der Waals surface area (Å²) in [6.07, 6.45) is 7.32. The molecule has 0 N–H and O–H groups in total. The number of aromatic nitrogens is 2. The fourth-order valence-corrected chi connectivity index (χ4v) is 1.96. The number of hydrogen-bond acceptors (Lipinski definition) is 1. The fraction of sp³-hybridized carbons (Fsp3) is 0. The molecular weight excluding hydrogens is 208 g/mol. The van der Waals surface area contributed by atoms with Crippen molar-refractivity contribution in [1.82, 2.24) is 9.55 Å². The van der Waals surface area contributed by atoms with Gasteiger partial charge in [-0.1, -0.05) is 30.2 Å². The van der Waals surface area contributed by atoms with Gasteiger partial charge in [0, 0.05) is 5.56 Å². The van der Waals surface area contributed by atoms with Crippen LogP contribution in [0.5, 0.6) is 0 Å². The van der Waals surface area contributed by atoms with Crippen LogP contribution < -0.4 is 0 Å². The van der Waals surface area contributed by atoms with Crippen molar-refractivity contribution in [3.63, 3.8) is 0 Å². The number of terminal acetylenes is 1. The van der Waals surface area contributed by atoms with Gasteiger partial charge in [0.25, 0.3) is 0 Å². The molecule has 2 aromatic carbocycles. The van der Waals surface area contributed by atoms with Crippen LogP contribution in [0.3, 0.4) is 0 Å². The molecule has 80 valence electrons. The van der Waals surface area contributed by atoms with Crippen LogP contribution in [0.2, 0.25) is 0 Å². The van der Waals surface area contributed by atoms with Crippen molar-refractivity contribution in [2.75, 3.05) is 0 Å². The third-order valence-corrected chi connectivity index (χ3v) is 2.77. The Hall–Kier alpha value is -2.53. The maximum absolute atomic E-state index is 5.52. The zero-order chi connectivity index (χ0) is 11.7. The van der Waals surface area contributed by atoms with Crippen LogP contribution in [0.1, 0.15) is 5.56 Å². The van der Waals surface area contributed by atoms with Crippen LogP contribution in [0, 0.1) is 12.3 Å². The molecule has 1 heterocycles. The molecule has 0 spiro atoms. The minimum atomic E-state index is 0.871. The lowest BCUT2D eigenvalue weighted by Gasteiger charge is -2.06. The molecule has 0 bridgehead atoms. The summed E-state index contributed by atoms with van der Waals surface area (Å²) in [6, 6.07) is 15.9. The highest BCUT2D eigenvalue weighted by Crippen LogP contribution is 2.20. The van der Waals surface area contributed by atoms with Crippen LogP contribution in [0.4, 0.5) is 0 Å². The summed E-state index contributed by atoms with van der Waals surface area (Å²) >= 11 is 0. The van der Waals surface area contributed by atoms with Crippen LogP contribution in [-0.4, -0.2) is 9.55 Å². The van der Waals surface area contributed by atoms with E-state index in [1.165, 1.54) is 0 Å². The molecule has 2 heteroatoms. The van der Waals surface area contributed by atoms with Crippen LogP contribution in [0.25, 0.3) is 16.7 Å². The molecule has 2 nitrogen and oxygen atoms in total. The van der Waals surface area contributed by atoms with Crippen molar-refractivity contribution < 1.29 is 0 Å². The molecule has 0 atom stereocenters. The molecule has 1 aromatic heterocycles. The number of rotatable bonds is 1. The smallest absolute Gasteiger partial charge is 0.100 e. The number of nitrogens with zero attached hydrogens (tertiary/aromatic N) is 2. The van der Waals surface area contributed by atoms with Gasteiger partial charge in [0.15, 0.2) is 0 Å². The molecule has 0 saturated carbocycles. The summed E-state index contributed by atoms with van der Waals surface area (Å²) in [4.78, 5) is 4.36. The maximum atomic E-state index is 5.52. The minimum absolute atomic E-state index is 0.871. The van der Waals surface area contributed by atoms with Crippen molar-refractivity contribution in [3.8, 4) is 18.0 Å². The first kappa shape index (κ1) is 9.68. The predicted molar refractivity (Wildman–Crippen MR) is 69.0 cm³/mol. The molecular formula is C15H10N2. The van der Waals surface area contributed by atoms with E-state index < -0.39 is 0 Å². The average molecular weight is 218 g/mol. The topological polar surface area (TPSA) is 17.8 Å². The molecule has 0 aliphatic heterocycles. The Morgan fingerprint density at radius 2 is 1.76 bits per heavy atom. The second kappa shape index (κ2) is 3.80. The van der Waals surface area contributed by atoms with E-state index >= 15 is 0 Å². The van der Waals surface area contributed by atoms with Gasteiger partial charge in [-0.25, -0.2) is 4.98 Å². The van der Waals surface area contributed by atoms with E-state index in [1.807, 2.05) is 53.1 Å².